The number of rotatable bonds is 8. The van der Waals surface area contributed by atoms with Crippen molar-refractivity contribution in [1.82, 2.24) is 10.2 Å². The van der Waals surface area contributed by atoms with E-state index in [4.69, 9.17) is 23.2 Å². The second kappa shape index (κ2) is 11.3. The van der Waals surface area contributed by atoms with Gasteiger partial charge in [-0.05, 0) is 63.6 Å². The van der Waals surface area contributed by atoms with Crippen LogP contribution < -0.4 is 9.62 Å². The third-order valence-corrected chi connectivity index (χ3v) is 6.92. The van der Waals surface area contributed by atoms with E-state index in [-0.39, 0.29) is 23.2 Å². The van der Waals surface area contributed by atoms with Crippen LogP contribution in [0.15, 0.2) is 46.9 Å². The fraction of sp³-hybridized carbons (Fsp3) is 0.391. The molecule has 0 heterocycles. The molecular formula is C23H28BrCl2N3O4S. The Kier molecular flexibility index (Phi) is 9.44. The summed E-state index contributed by atoms with van der Waals surface area (Å²) in [7, 11) is -3.89. The molecule has 1 unspecified atom stereocenters. The average Bonchev–Trinajstić information content (AvgIpc) is 2.68. The molecule has 2 aromatic carbocycles. The maximum absolute atomic E-state index is 13.5. The van der Waals surface area contributed by atoms with Crippen LogP contribution in [0.1, 0.15) is 33.3 Å². The van der Waals surface area contributed by atoms with Gasteiger partial charge in [-0.25, -0.2) is 8.42 Å². The minimum Gasteiger partial charge on any atom is -0.350 e. The number of halogens is 3. The van der Waals surface area contributed by atoms with Crippen LogP contribution in [0.25, 0.3) is 0 Å². The number of hydrogen-bond acceptors (Lipinski definition) is 4. The van der Waals surface area contributed by atoms with Crippen LogP contribution in [-0.4, -0.2) is 49.5 Å². The molecule has 0 saturated heterocycles. The van der Waals surface area contributed by atoms with Gasteiger partial charge >= 0.3 is 0 Å². The summed E-state index contributed by atoms with van der Waals surface area (Å²) in [6.07, 6.45) is 0.986. The lowest BCUT2D eigenvalue weighted by molar-refractivity contribution is -0.140. The van der Waals surface area contributed by atoms with Crippen molar-refractivity contribution in [3.05, 3.63) is 62.5 Å². The molecule has 2 amide bonds. The molecule has 1 atom stereocenters. The van der Waals surface area contributed by atoms with Crippen molar-refractivity contribution >= 4 is 66.7 Å². The van der Waals surface area contributed by atoms with Crippen LogP contribution >= 0.6 is 39.1 Å². The van der Waals surface area contributed by atoms with Crippen LogP contribution in [-0.2, 0) is 26.2 Å². The fourth-order valence-electron chi connectivity index (χ4n) is 3.17. The van der Waals surface area contributed by atoms with E-state index >= 15 is 0 Å². The number of benzene rings is 2. The van der Waals surface area contributed by atoms with Gasteiger partial charge in [0.1, 0.15) is 12.6 Å². The lowest BCUT2D eigenvalue weighted by atomic mass is 10.1. The number of carbonyl (C=O) groups excluding carboxylic acids is 2. The monoisotopic (exact) mass is 591 g/mol. The first-order valence-corrected chi connectivity index (χ1v) is 13.8. The van der Waals surface area contributed by atoms with Gasteiger partial charge in [0.2, 0.25) is 21.8 Å². The predicted molar refractivity (Wildman–Crippen MR) is 141 cm³/mol. The summed E-state index contributed by atoms with van der Waals surface area (Å²) in [5.41, 5.74) is 0.385. The molecule has 0 radical (unpaired) electrons. The molecule has 2 rings (SSSR count). The molecule has 34 heavy (non-hydrogen) atoms. The van der Waals surface area contributed by atoms with Crippen LogP contribution in [0, 0.1) is 0 Å². The number of sulfonamides is 1. The third kappa shape index (κ3) is 8.15. The summed E-state index contributed by atoms with van der Waals surface area (Å²) >= 11 is 15.6. The van der Waals surface area contributed by atoms with Gasteiger partial charge in [-0.2, -0.15) is 0 Å². The maximum atomic E-state index is 13.5. The first-order valence-electron chi connectivity index (χ1n) is 10.4. The van der Waals surface area contributed by atoms with Gasteiger partial charge < -0.3 is 10.2 Å². The van der Waals surface area contributed by atoms with Gasteiger partial charge in [0.25, 0.3) is 0 Å². The minimum atomic E-state index is -3.89. The van der Waals surface area contributed by atoms with E-state index in [1.807, 2.05) is 45.0 Å². The Labute approximate surface area is 219 Å². The molecule has 0 fully saturated rings. The van der Waals surface area contributed by atoms with Crippen molar-refractivity contribution < 1.29 is 18.0 Å². The smallest absolute Gasteiger partial charge is 0.244 e. The second-order valence-corrected chi connectivity index (χ2v) is 12.6. The van der Waals surface area contributed by atoms with Crippen molar-refractivity contribution in [3.63, 3.8) is 0 Å². The van der Waals surface area contributed by atoms with Gasteiger partial charge in [0.15, 0.2) is 0 Å². The lowest BCUT2D eigenvalue weighted by Crippen LogP contribution is -2.54. The zero-order chi connectivity index (χ0) is 25.8. The Morgan fingerprint density at radius 3 is 2.29 bits per heavy atom. The third-order valence-electron chi connectivity index (χ3n) is 4.77. The van der Waals surface area contributed by atoms with Crippen LogP contribution in [0.3, 0.4) is 0 Å². The second-order valence-electron chi connectivity index (χ2n) is 8.93. The molecular weight excluding hydrogens is 565 g/mol. The van der Waals surface area contributed by atoms with Gasteiger partial charge in [-0.1, -0.05) is 51.3 Å². The van der Waals surface area contributed by atoms with Gasteiger partial charge in [-0.15, -0.1) is 0 Å². The number of anilines is 1. The SMILES string of the molecule is CC(C(=O)NC(C)(C)C)N(Cc1cccc(Br)c1)C(=O)CN(c1ccc(Cl)cc1Cl)S(C)(=O)=O. The number of amides is 2. The van der Waals surface area contributed by atoms with Crippen molar-refractivity contribution in [1.29, 1.82) is 0 Å². The van der Waals surface area contributed by atoms with E-state index in [1.165, 1.54) is 23.1 Å². The molecule has 1 N–H and O–H groups in total. The molecule has 11 heteroatoms. The molecule has 0 aromatic heterocycles. The highest BCUT2D eigenvalue weighted by Crippen LogP contribution is 2.30. The van der Waals surface area contributed by atoms with E-state index in [2.05, 4.69) is 21.2 Å². The molecule has 7 nitrogen and oxygen atoms in total. The van der Waals surface area contributed by atoms with E-state index in [9.17, 15) is 18.0 Å². The summed E-state index contributed by atoms with van der Waals surface area (Å²) in [5.74, 6) is -0.917. The molecule has 0 bridgehead atoms. The Morgan fingerprint density at radius 2 is 1.76 bits per heavy atom. The standard InChI is InChI=1S/C23H28BrCl2N3O4S/c1-15(22(31)27-23(2,3)4)28(13-16-7-6-8-17(24)11-16)21(30)14-29(34(5,32)33)20-10-9-18(25)12-19(20)26/h6-12,15H,13-14H2,1-5H3,(H,27,31). The van der Waals surface area contributed by atoms with Crippen molar-refractivity contribution in [2.24, 2.45) is 0 Å². The summed E-state index contributed by atoms with van der Waals surface area (Å²) in [5, 5.41) is 3.29. The lowest BCUT2D eigenvalue weighted by Gasteiger charge is -2.33. The zero-order valence-electron chi connectivity index (χ0n) is 19.6. The molecule has 0 aliphatic heterocycles. The minimum absolute atomic E-state index is 0.0859. The Balaban J connectivity index is 2.44. The van der Waals surface area contributed by atoms with E-state index in [1.54, 1.807) is 6.92 Å². The number of hydrogen-bond donors (Lipinski definition) is 1. The first kappa shape index (κ1) is 28.4. The highest BCUT2D eigenvalue weighted by Gasteiger charge is 2.32. The van der Waals surface area contributed by atoms with Crippen LogP contribution in [0.2, 0.25) is 10.0 Å². The number of carbonyl (C=O) groups is 2. The molecule has 0 aliphatic rings. The topological polar surface area (TPSA) is 86.8 Å². The maximum Gasteiger partial charge on any atom is 0.244 e. The Bertz CT molecular complexity index is 1170. The van der Waals surface area contributed by atoms with Crippen molar-refractivity contribution in [2.75, 3.05) is 17.1 Å². The average molecular weight is 593 g/mol. The first-order chi connectivity index (χ1) is 15.6. The fourth-order valence-corrected chi connectivity index (χ4v) is 5.04. The molecule has 0 saturated carbocycles. The Morgan fingerprint density at radius 1 is 1.12 bits per heavy atom. The van der Waals surface area contributed by atoms with Crippen molar-refractivity contribution in [3.8, 4) is 0 Å². The molecule has 186 valence electrons. The zero-order valence-corrected chi connectivity index (χ0v) is 23.5. The van der Waals surface area contributed by atoms with Crippen molar-refractivity contribution in [2.45, 2.75) is 45.8 Å². The normalized spacial score (nSPS) is 12.7. The van der Waals surface area contributed by atoms with E-state index in [0.29, 0.717) is 5.02 Å². The summed E-state index contributed by atoms with van der Waals surface area (Å²) < 4.78 is 26.9. The summed E-state index contributed by atoms with van der Waals surface area (Å²) in [6, 6.07) is 10.8. The predicted octanol–water partition coefficient (Wildman–Crippen LogP) is 4.85. The quantitative estimate of drug-likeness (QED) is 0.474. The molecule has 2 aromatic rings. The van der Waals surface area contributed by atoms with E-state index < -0.39 is 34.1 Å². The van der Waals surface area contributed by atoms with Gasteiger partial charge in [0.05, 0.1) is 17.0 Å². The highest BCUT2D eigenvalue weighted by atomic mass is 79.9. The molecule has 0 spiro atoms. The van der Waals surface area contributed by atoms with Crippen LogP contribution in [0.4, 0.5) is 5.69 Å². The number of nitrogens with one attached hydrogen (secondary N) is 1. The summed E-state index contributed by atoms with van der Waals surface area (Å²) in [4.78, 5) is 27.8. The van der Waals surface area contributed by atoms with Crippen LogP contribution in [0.5, 0.6) is 0 Å². The van der Waals surface area contributed by atoms with Gasteiger partial charge in [0, 0.05) is 21.6 Å². The highest BCUT2D eigenvalue weighted by molar-refractivity contribution is 9.10. The largest absolute Gasteiger partial charge is 0.350 e. The number of nitrogens with zero attached hydrogens (tertiary/aromatic N) is 2. The summed E-state index contributed by atoms with van der Waals surface area (Å²) in [6.45, 7) is 6.69. The molecule has 0 aliphatic carbocycles. The Hall–Kier alpha value is -1.81. The van der Waals surface area contributed by atoms with Gasteiger partial charge in [-0.3, -0.25) is 13.9 Å². The van der Waals surface area contributed by atoms with E-state index in [0.717, 1.165) is 20.6 Å².